The van der Waals surface area contributed by atoms with Crippen LogP contribution >= 0.6 is 0 Å². The molecule has 2 heterocycles. The van der Waals surface area contributed by atoms with Crippen molar-refractivity contribution in [2.24, 2.45) is 11.3 Å². The van der Waals surface area contributed by atoms with Crippen molar-refractivity contribution in [3.63, 3.8) is 0 Å². The third-order valence-corrected chi connectivity index (χ3v) is 3.31. The lowest BCUT2D eigenvalue weighted by molar-refractivity contribution is 0.268. The highest BCUT2D eigenvalue weighted by Gasteiger charge is 2.46. The molecule has 0 aromatic carbocycles. The van der Waals surface area contributed by atoms with Gasteiger partial charge in [-0.15, -0.1) is 0 Å². The summed E-state index contributed by atoms with van der Waals surface area (Å²) in [5.41, 5.74) is 0.601. The molecule has 2 nitrogen and oxygen atoms in total. The van der Waals surface area contributed by atoms with Gasteiger partial charge in [0.15, 0.2) is 0 Å². The lowest BCUT2D eigenvalue weighted by Crippen LogP contribution is -2.28. The summed E-state index contributed by atoms with van der Waals surface area (Å²) >= 11 is 0. The van der Waals surface area contributed by atoms with Crippen molar-refractivity contribution >= 4 is 0 Å². The van der Waals surface area contributed by atoms with Gasteiger partial charge in [-0.05, 0) is 25.4 Å². The zero-order valence-electron chi connectivity index (χ0n) is 7.80. The Balaban J connectivity index is 2.13. The van der Waals surface area contributed by atoms with E-state index in [0.717, 1.165) is 5.92 Å². The Morgan fingerprint density at radius 3 is 1.91 bits per heavy atom. The average molecular weight is 154 g/mol. The minimum atomic E-state index is 0.601. The molecule has 64 valence electrons. The lowest BCUT2D eigenvalue weighted by Gasteiger charge is -2.22. The van der Waals surface area contributed by atoms with Crippen LogP contribution in [-0.4, -0.2) is 50.1 Å². The molecule has 0 N–H and O–H groups in total. The monoisotopic (exact) mass is 154 g/mol. The van der Waals surface area contributed by atoms with E-state index < -0.39 is 0 Å². The molecule has 2 fully saturated rings. The number of hydrogen-bond acceptors (Lipinski definition) is 2. The number of nitrogens with zero attached hydrogens (tertiary/aromatic N) is 2. The standard InChI is InChI=1S/C9H18N2/c1-9-6-10(2)4-8(9)5-11(3)7-9/h8H,4-7H2,1-3H3/t8-,9+. The second-order valence-electron chi connectivity index (χ2n) is 4.74. The second kappa shape index (κ2) is 2.20. The van der Waals surface area contributed by atoms with Crippen LogP contribution in [0, 0.1) is 11.3 Å². The Labute approximate surface area is 69.2 Å². The van der Waals surface area contributed by atoms with Gasteiger partial charge in [-0.25, -0.2) is 0 Å². The van der Waals surface area contributed by atoms with Gasteiger partial charge in [0, 0.05) is 26.2 Å². The Hall–Kier alpha value is -0.0800. The fourth-order valence-corrected chi connectivity index (χ4v) is 2.92. The summed E-state index contributed by atoms with van der Waals surface area (Å²) in [6, 6.07) is 0. The van der Waals surface area contributed by atoms with Crippen molar-refractivity contribution in [3.05, 3.63) is 0 Å². The van der Waals surface area contributed by atoms with Crippen LogP contribution in [0.5, 0.6) is 0 Å². The fourth-order valence-electron chi connectivity index (χ4n) is 2.92. The number of likely N-dealkylation sites (tertiary alicyclic amines) is 2. The molecular formula is C9H18N2. The summed E-state index contributed by atoms with van der Waals surface area (Å²) in [5.74, 6) is 0.928. The summed E-state index contributed by atoms with van der Waals surface area (Å²) in [4.78, 5) is 4.94. The van der Waals surface area contributed by atoms with E-state index in [0.29, 0.717) is 5.41 Å². The predicted octanol–water partition coefficient (Wildman–Crippen LogP) is 0.500. The summed E-state index contributed by atoms with van der Waals surface area (Å²) in [5, 5.41) is 0. The first-order valence-corrected chi connectivity index (χ1v) is 4.47. The summed E-state index contributed by atoms with van der Waals surface area (Å²) in [6.45, 7) is 7.64. The largest absolute Gasteiger partial charge is 0.305 e. The molecule has 2 rings (SSSR count). The van der Waals surface area contributed by atoms with E-state index >= 15 is 0 Å². The molecule has 0 aromatic rings. The number of hydrogen-bond donors (Lipinski definition) is 0. The molecule has 0 bridgehead atoms. The van der Waals surface area contributed by atoms with Gasteiger partial charge in [-0.1, -0.05) is 6.92 Å². The van der Waals surface area contributed by atoms with Crippen LogP contribution in [0.2, 0.25) is 0 Å². The number of fused-ring (bicyclic) bond motifs is 1. The van der Waals surface area contributed by atoms with Gasteiger partial charge in [0.1, 0.15) is 0 Å². The highest BCUT2D eigenvalue weighted by Crippen LogP contribution is 2.40. The van der Waals surface area contributed by atoms with Crippen LogP contribution < -0.4 is 0 Å². The first-order valence-electron chi connectivity index (χ1n) is 4.47. The molecule has 0 unspecified atom stereocenters. The van der Waals surface area contributed by atoms with Gasteiger partial charge >= 0.3 is 0 Å². The predicted molar refractivity (Wildman–Crippen MR) is 46.6 cm³/mol. The second-order valence-corrected chi connectivity index (χ2v) is 4.74. The molecular weight excluding hydrogens is 136 g/mol. The quantitative estimate of drug-likeness (QED) is 0.501. The number of rotatable bonds is 0. The third-order valence-electron chi connectivity index (χ3n) is 3.31. The van der Waals surface area contributed by atoms with E-state index in [2.05, 4.69) is 30.8 Å². The lowest BCUT2D eigenvalue weighted by atomic mass is 9.83. The molecule has 0 aromatic heterocycles. The van der Waals surface area contributed by atoms with E-state index in [1.807, 2.05) is 0 Å². The maximum atomic E-state index is 2.47. The maximum absolute atomic E-state index is 2.47. The Morgan fingerprint density at radius 2 is 1.55 bits per heavy atom. The van der Waals surface area contributed by atoms with Gasteiger partial charge in [-0.2, -0.15) is 0 Å². The molecule has 2 saturated heterocycles. The Kier molecular flexibility index (Phi) is 1.52. The Bertz CT molecular complexity index is 153. The van der Waals surface area contributed by atoms with Gasteiger partial charge < -0.3 is 9.80 Å². The topological polar surface area (TPSA) is 6.48 Å². The molecule has 0 atom stereocenters. The van der Waals surface area contributed by atoms with E-state index in [4.69, 9.17) is 0 Å². The van der Waals surface area contributed by atoms with Crippen molar-refractivity contribution in [2.75, 3.05) is 40.3 Å². The van der Waals surface area contributed by atoms with E-state index in [1.165, 1.54) is 26.2 Å². The first-order chi connectivity index (χ1) is 5.10. The zero-order chi connectivity index (χ0) is 8.06. The SMILES string of the molecule is CN1C[C@H]2CN(C)C[C@@]2(C)C1. The van der Waals surface area contributed by atoms with Gasteiger partial charge in [0.25, 0.3) is 0 Å². The van der Waals surface area contributed by atoms with Crippen molar-refractivity contribution in [1.82, 2.24) is 9.80 Å². The van der Waals surface area contributed by atoms with Crippen molar-refractivity contribution in [2.45, 2.75) is 6.92 Å². The highest BCUT2D eigenvalue weighted by molar-refractivity contribution is 4.99. The third kappa shape index (κ3) is 1.09. The van der Waals surface area contributed by atoms with Gasteiger partial charge in [0.05, 0.1) is 0 Å². The van der Waals surface area contributed by atoms with E-state index in [9.17, 15) is 0 Å². The Morgan fingerprint density at radius 1 is 1.09 bits per heavy atom. The van der Waals surface area contributed by atoms with Crippen LogP contribution in [0.3, 0.4) is 0 Å². The molecule has 2 heteroatoms. The summed E-state index contributed by atoms with van der Waals surface area (Å²) in [7, 11) is 4.48. The minimum absolute atomic E-state index is 0.601. The molecule has 0 saturated carbocycles. The normalized spacial score (nSPS) is 46.6. The molecule has 2 aliphatic rings. The van der Waals surface area contributed by atoms with Crippen LogP contribution in [0.15, 0.2) is 0 Å². The van der Waals surface area contributed by atoms with E-state index in [1.54, 1.807) is 0 Å². The molecule has 0 aliphatic carbocycles. The first kappa shape index (κ1) is 7.56. The smallest absolute Gasteiger partial charge is 0.00483 e. The molecule has 11 heavy (non-hydrogen) atoms. The van der Waals surface area contributed by atoms with Crippen LogP contribution in [0.25, 0.3) is 0 Å². The molecule has 2 aliphatic heterocycles. The minimum Gasteiger partial charge on any atom is -0.305 e. The van der Waals surface area contributed by atoms with Crippen molar-refractivity contribution in [1.29, 1.82) is 0 Å². The summed E-state index contributed by atoms with van der Waals surface area (Å²) < 4.78 is 0. The van der Waals surface area contributed by atoms with Gasteiger partial charge in [0.2, 0.25) is 0 Å². The summed E-state index contributed by atoms with van der Waals surface area (Å²) in [6.07, 6.45) is 0. The average Bonchev–Trinajstić information content (AvgIpc) is 2.16. The van der Waals surface area contributed by atoms with E-state index in [-0.39, 0.29) is 0 Å². The van der Waals surface area contributed by atoms with Crippen LogP contribution in [-0.2, 0) is 0 Å². The van der Waals surface area contributed by atoms with Crippen molar-refractivity contribution < 1.29 is 0 Å². The zero-order valence-corrected chi connectivity index (χ0v) is 7.80. The molecule has 0 amide bonds. The van der Waals surface area contributed by atoms with Crippen LogP contribution in [0.4, 0.5) is 0 Å². The molecule has 0 radical (unpaired) electrons. The maximum Gasteiger partial charge on any atom is 0.00483 e. The van der Waals surface area contributed by atoms with Crippen LogP contribution in [0.1, 0.15) is 6.92 Å². The van der Waals surface area contributed by atoms with Gasteiger partial charge in [-0.3, -0.25) is 0 Å². The highest BCUT2D eigenvalue weighted by atomic mass is 15.2. The van der Waals surface area contributed by atoms with Crippen molar-refractivity contribution in [3.8, 4) is 0 Å². The molecule has 0 spiro atoms. The fraction of sp³-hybridized carbons (Fsp3) is 1.00.